The summed E-state index contributed by atoms with van der Waals surface area (Å²) in [5, 5.41) is 9.66. The fraction of sp³-hybridized carbons (Fsp3) is 0.615. The molecule has 2 rings (SSSR count). The molecule has 0 aliphatic carbocycles. The first-order chi connectivity index (χ1) is 8.24. The minimum absolute atomic E-state index is 0.00847. The number of hydrogen-bond donors (Lipinski definition) is 1. The molecule has 1 atom stereocenters. The summed E-state index contributed by atoms with van der Waals surface area (Å²) in [6.45, 7) is 4.31. The second kappa shape index (κ2) is 5.69. The van der Waals surface area contributed by atoms with Gasteiger partial charge in [-0.25, -0.2) is 4.98 Å². The van der Waals surface area contributed by atoms with Crippen LogP contribution >= 0.6 is 11.6 Å². The van der Waals surface area contributed by atoms with E-state index in [0.29, 0.717) is 5.02 Å². The predicted molar refractivity (Wildman–Crippen MR) is 70.4 cm³/mol. The maximum Gasteiger partial charge on any atom is 0.147 e. The Morgan fingerprint density at radius 2 is 2.41 bits per heavy atom. The van der Waals surface area contributed by atoms with Gasteiger partial charge in [-0.15, -0.1) is 0 Å². The lowest BCUT2D eigenvalue weighted by atomic mass is 10.0. The van der Waals surface area contributed by atoms with E-state index in [0.717, 1.165) is 30.4 Å². The summed E-state index contributed by atoms with van der Waals surface area (Å²) in [6.07, 6.45) is 5.45. The van der Waals surface area contributed by atoms with Gasteiger partial charge in [0.2, 0.25) is 0 Å². The normalized spacial score (nSPS) is 19.9. The molecule has 1 aliphatic rings. The van der Waals surface area contributed by atoms with Crippen molar-refractivity contribution in [2.24, 2.45) is 5.92 Å². The Balaban J connectivity index is 2.08. The average Bonchev–Trinajstić information content (AvgIpc) is 2.78. The minimum Gasteiger partial charge on any atom is -0.392 e. The van der Waals surface area contributed by atoms with Crippen LogP contribution in [0, 0.1) is 5.92 Å². The molecule has 1 N–H and O–H groups in total. The molecule has 0 bridgehead atoms. The van der Waals surface area contributed by atoms with Crippen molar-refractivity contribution in [3.63, 3.8) is 0 Å². The van der Waals surface area contributed by atoms with Crippen LogP contribution in [-0.2, 0) is 6.61 Å². The summed E-state index contributed by atoms with van der Waals surface area (Å²) in [6, 6.07) is 1.80. The van der Waals surface area contributed by atoms with E-state index in [1.165, 1.54) is 19.3 Å². The van der Waals surface area contributed by atoms with Gasteiger partial charge in [-0.3, -0.25) is 0 Å². The van der Waals surface area contributed by atoms with E-state index in [1.54, 1.807) is 12.3 Å². The molecule has 0 spiro atoms. The van der Waals surface area contributed by atoms with E-state index >= 15 is 0 Å². The molecule has 3 nitrogen and oxygen atoms in total. The molecular weight excluding hydrogens is 236 g/mol. The molecule has 17 heavy (non-hydrogen) atoms. The van der Waals surface area contributed by atoms with Crippen LogP contribution in [0.4, 0.5) is 5.82 Å². The average molecular weight is 255 g/mol. The Labute approximate surface area is 107 Å². The van der Waals surface area contributed by atoms with Gasteiger partial charge in [0.1, 0.15) is 5.82 Å². The van der Waals surface area contributed by atoms with Gasteiger partial charge in [0.25, 0.3) is 0 Å². The van der Waals surface area contributed by atoms with Crippen LogP contribution < -0.4 is 4.90 Å². The molecule has 0 radical (unpaired) electrons. The zero-order valence-corrected chi connectivity index (χ0v) is 11.0. The maximum atomic E-state index is 9.02. The lowest BCUT2D eigenvalue weighted by molar-refractivity contribution is 0.281. The summed E-state index contributed by atoms with van der Waals surface area (Å²) < 4.78 is 0. The number of aromatic nitrogens is 1. The number of hydrogen-bond acceptors (Lipinski definition) is 3. The van der Waals surface area contributed by atoms with Crippen molar-refractivity contribution >= 4 is 17.4 Å². The smallest absolute Gasteiger partial charge is 0.147 e. The van der Waals surface area contributed by atoms with Crippen LogP contribution in [0.25, 0.3) is 0 Å². The van der Waals surface area contributed by atoms with Crippen molar-refractivity contribution in [1.82, 2.24) is 4.98 Å². The van der Waals surface area contributed by atoms with Crippen LogP contribution in [0.1, 0.15) is 31.7 Å². The van der Waals surface area contributed by atoms with E-state index in [4.69, 9.17) is 16.7 Å². The van der Waals surface area contributed by atoms with Gasteiger partial charge < -0.3 is 10.0 Å². The number of anilines is 1. The van der Waals surface area contributed by atoms with E-state index in [1.807, 2.05) is 0 Å². The third kappa shape index (κ3) is 2.90. The number of nitrogens with zero attached hydrogens (tertiary/aromatic N) is 2. The second-order valence-electron chi connectivity index (χ2n) is 4.70. The van der Waals surface area contributed by atoms with Crippen molar-refractivity contribution in [1.29, 1.82) is 0 Å². The molecule has 0 amide bonds. The zero-order chi connectivity index (χ0) is 12.3. The van der Waals surface area contributed by atoms with Gasteiger partial charge in [-0.05, 0) is 30.4 Å². The fourth-order valence-electron chi connectivity index (χ4n) is 2.46. The Morgan fingerprint density at radius 1 is 1.59 bits per heavy atom. The standard InChI is InChI=1S/C13H19ClN2O/c1-2-3-10-4-5-16(8-10)13-12(14)6-11(9-17)7-15-13/h6-7,10,17H,2-5,8-9H2,1H3. The molecule has 0 saturated carbocycles. The van der Waals surface area contributed by atoms with Gasteiger partial charge >= 0.3 is 0 Å². The van der Waals surface area contributed by atoms with Crippen molar-refractivity contribution in [2.45, 2.75) is 32.8 Å². The number of aliphatic hydroxyl groups excluding tert-OH is 1. The number of rotatable bonds is 4. The van der Waals surface area contributed by atoms with E-state index in [9.17, 15) is 0 Å². The monoisotopic (exact) mass is 254 g/mol. The highest BCUT2D eigenvalue weighted by Crippen LogP contribution is 2.30. The SMILES string of the molecule is CCCC1CCN(c2ncc(CO)cc2Cl)C1. The molecule has 4 heteroatoms. The predicted octanol–water partition coefficient (Wildman–Crippen LogP) is 2.85. The molecule has 1 aliphatic heterocycles. The van der Waals surface area contributed by atoms with Crippen LogP contribution in [0.15, 0.2) is 12.3 Å². The first kappa shape index (κ1) is 12.7. The van der Waals surface area contributed by atoms with Crippen LogP contribution in [-0.4, -0.2) is 23.2 Å². The van der Waals surface area contributed by atoms with E-state index in [-0.39, 0.29) is 6.61 Å². The fourth-order valence-corrected chi connectivity index (χ4v) is 2.77. The molecule has 1 fully saturated rings. The lowest BCUT2D eigenvalue weighted by Gasteiger charge is -2.19. The van der Waals surface area contributed by atoms with Crippen molar-refractivity contribution in [3.05, 3.63) is 22.8 Å². The number of halogens is 1. The first-order valence-corrected chi connectivity index (χ1v) is 6.62. The lowest BCUT2D eigenvalue weighted by Crippen LogP contribution is -2.21. The molecule has 0 aromatic carbocycles. The molecule has 1 saturated heterocycles. The number of aliphatic hydroxyl groups is 1. The number of pyridine rings is 1. The summed E-state index contributed by atoms with van der Waals surface area (Å²) >= 11 is 6.20. The Hall–Kier alpha value is -0.800. The third-order valence-electron chi connectivity index (χ3n) is 3.34. The van der Waals surface area contributed by atoms with Crippen molar-refractivity contribution in [3.8, 4) is 0 Å². The van der Waals surface area contributed by atoms with Crippen LogP contribution in [0.5, 0.6) is 0 Å². The quantitative estimate of drug-likeness (QED) is 0.898. The van der Waals surface area contributed by atoms with E-state index in [2.05, 4.69) is 16.8 Å². The van der Waals surface area contributed by atoms with Crippen molar-refractivity contribution < 1.29 is 5.11 Å². The Kier molecular flexibility index (Phi) is 4.24. The first-order valence-electron chi connectivity index (χ1n) is 6.24. The van der Waals surface area contributed by atoms with Crippen molar-refractivity contribution in [2.75, 3.05) is 18.0 Å². The highest BCUT2D eigenvalue weighted by molar-refractivity contribution is 6.33. The maximum absolute atomic E-state index is 9.02. The topological polar surface area (TPSA) is 36.4 Å². The van der Waals surface area contributed by atoms with Gasteiger partial charge in [0.05, 0.1) is 11.6 Å². The molecule has 94 valence electrons. The van der Waals surface area contributed by atoms with Gasteiger partial charge in [0.15, 0.2) is 0 Å². The minimum atomic E-state index is -0.00847. The molecule has 1 aromatic heterocycles. The summed E-state index contributed by atoms with van der Waals surface area (Å²) in [4.78, 5) is 6.61. The highest BCUT2D eigenvalue weighted by Gasteiger charge is 2.24. The second-order valence-corrected chi connectivity index (χ2v) is 5.10. The summed E-state index contributed by atoms with van der Waals surface area (Å²) in [5.41, 5.74) is 0.767. The van der Waals surface area contributed by atoms with Gasteiger partial charge in [0, 0.05) is 19.3 Å². The summed E-state index contributed by atoms with van der Waals surface area (Å²) in [7, 11) is 0. The molecule has 2 heterocycles. The zero-order valence-electron chi connectivity index (χ0n) is 10.2. The summed E-state index contributed by atoms with van der Waals surface area (Å²) in [5.74, 6) is 1.64. The molecule has 1 aromatic rings. The van der Waals surface area contributed by atoms with E-state index < -0.39 is 0 Å². The molecular formula is C13H19ClN2O. The Bertz CT molecular complexity index is 384. The largest absolute Gasteiger partial charge is 0.392 e. The third-order valence-corrected chi connectivity index (χ3v) is 3.62. The highest BCUT2D eigenvalue weighted by atomic mass is 35.5. The Morgan fingerprint density at radius 3 is 3.06 bits per heavy atom. The molecule has 1 unspecified atom stereocenters. The van der Waals surface area contributed by atoms with Crippen LogP contribution in [0.3, 0.4) is 0 Å². The van der Waals surface area contributed by atoms with Crippen LogP contribution in [0.2, 0.25) is 5.02 Å². The van der Waals surface area contributed by atoms with Gasteiger partial charge in [-0.1, -0.05) is 24.9 Å². The van der Waals surface area contributed by atoms with Gasteiger partial charge in [-0.2, -0.15) is 0 Å².